The van der Waals surface area contributed by atoms with Gasteiger partial charge in [-0.2, -0.15) is 0 Å². The molecule has 0 aromatic carbocycles. The Morgan fingerprint density at radius 3 is 2.85 bits per heavy atom. The van der Waals surface area contributed by atoms with E-state index in [1.54, 1.807) is 17.9 Å². The van der Waals surface area contributed by atoms with Crippen LogP contribution >= 0.6 is 0 Å². The fourth-order valence-electron chi connectivity index (χ4n) is 1.06. The zero-order valence-corrected chi connectivity index (χ0v) is 7.34. The van der Waals surface area contributed by atoms with Crippen LogP contribution in [0.3, 0.4) is 0 Å². The molecule has 0 saturated carbocycles. The first kappa shape index (κ1) is 7.78. The summed E-state index contributed by atoms with van der Waals surface area (Å²) in [7, 11) is 1.77. The van der Waals surface area contributed by atoms with Crippen molar-refractivity contribution in [3.8, 4) is 11.5 Å². The summed E-state index contributed by atoms with van der Waals surface area (Å²) in [5.74, 6) is 0.653. The maximum atomic E-state index is 4.11. The van der Waals surface area contributed by atoms with Crippen LogP contribution in [0.2, 0.25) is 0 Å². The molecule has 0 fully saturated rings. The van der Waals surface area contributed by atoms with Gasteiger partial charge in [0.15, 0.2) is 0 Å². The second-order valence-corrected chi connectivity index (χ2v) is 2.68. The molecule has 2 aromatic heterocycles. The molecular formula is C7H8N6. The maximum Gasteiger partial charge on any atom is 0.200 e. The predicted octanol–water partition coefficient (Wildman–Crippen LogP) is -0.0245. The molecule has 0 aliphatic rings. The van der Waals surface area contributed by atoms with E-state index in [1.807, 2.05) is 6.92 Å². The molecule has 6 heteroatoms. The Morgan fingerprint density at radius 1 is 1.38 bits per heavy atom. The van der Waals surface area contributed by atoms with E-state index in [0.717, 1.165) is 11.3 Å². The Balaban J connectivity index is 2.59. The van der Waals surface area contributed by atoms with Crippen molar-refractivity contribution in [2.24, 2.45) is 7.05 Å². The smallest absolute Gasteiger partial charge is 0.200 e. The van der Waals surface area contributed by atoms with E-state index in [1.165, 1.54) is 6.33 Å². The number of hydrogen-bond donors (Lipinski definition) is 0. The monoisotopic (exact) mass is 176 g/mol. The van der Waals surface area contributed by atoms with Gasteiger partial charge in [-0.15, -0.1) is 5.10 Å². The van der Waals surface area contributed by atoms with Gasteiger partial charge in [0.2, 0.25) is 5.82 Å². The van der Waals surface area contributed by atoms with Gasteiger partial charge in [-0.05, 0) is 22.9 Å². The van der Waals surface area contributed by atoms with Crippen molar-refractivity contribution < 1.29 is 0 Å². The summed E-state index contributed by atoms with van der Waals surface area (Å²) in [4.78, 5) is 8.00. The average Bonchev–Trinajstić information content (AvgIpc) is 2.52. The van der Waals surface area contributed by atoms with E-state index < -0.39 is 0 Å². The van der Waals surface area contributed by atoms with Crippen molar-refractivity contribution in [3.63, 3.8) is 0 Å². The SMILES string of the molecule is Cc1cncnc1-c1nnnn1C. The summed E-state index contributed by atoms with van der Waals surface area (Å²) in [6.07, 6.45) is 3.22. The van der Waals surface area contributed by atoms with Crippen molar-refractivity contribution in [2.45, 2.75) is 6.92 Å². The third-order valence-electron chi connectivity index (χ3n) is 1.73. The fourth-order valence-corrected chi connectivity index (χ4v) is 1.06. The van der Waals surface area contributed by atoms with Crippen LogP contribution in [0.4, 0.5) is 0 Å². The van der Waals surface area contributed by atoms with Crippen LogP contribution in [0, 0.1) is 6.92 Å². The topological polar surface area (TPSA) is 69.4 Å². The van der Waals surface area contributed by atoms with Crippen LogP contribution in [0.15, 0.2) is 12.5 Å². The second-order valence-electron chi connectivity index (χ2n) is 2.68. The molecule has 2 heterocycles. The van der Waals surface area contributed by atoms with Gasteiger partial charge in [0.05, 0.1) is 0 Å². The highest BCUT2D eigenvalue weighted by atomic mass is 15.5. The fraction of sp³-hybridized carbons (Fsp3) is 0.286. The molecule has 0 saturated heterocycles. The largest absolute Gasteiger partial charge is 0.244 e. The Bertz CT molecular complexity index is 420. The molecule has 2 aromatic rings. The number of aromatic nitrogens is 6. The highest BCUT2D eigenvalue weighted by Gasteiger charge is 2.09. The lowest BCUT2D eigenvalue weighted by atomic mass is 10.2. The van der Waals surface area contributed by atoms with Gasteiger partial charge in [-0.1, -0.05) is 0 Å². The Kier molecular flexibility index (Phi) is 1.73. The molecule has 0 bridgehead atoms. The number of nitrogens with zero attached hydrogens (tertiary/aromatic N) is 6. The summed E-state index contributed by atoms with van der Waals surface area (Å²) >= 11 is 0. The van der Waals surface area contributed by atoms with Gasteiger partial charge in [0, 0.05) is 13.2 Å². The standard InChI is InChI=1S/C7H8N6/c1-5-3-8-4-9-6(5)7-10-11-12-13(7)2/h3-4H,1-2H3. The first-order valence-corrected chi connectivity index (χ1v) is 3.78. The van der Waals surface area contributed by atoms with Crippen LogP contribution in [0.1, 0.15) is 5.56 Å². The maximum absolute atomic E-state index is 4.11. The van der Waals surface area contributed by atoms with E-state index in [0.29, 0.717) is 5.82 Å². The average molecular weight is 176 g/mol. The minimum atomic E-state index is 0.653. The normalized spacial score (nSPS) is 10.3. The van der Waals surface area contributed by atoms with E-state index in [4.69, 9.17) is 0 Å². The first-order chi connectivity index (χ1) is 6.29. The van der Waals surface area contributed by atoms with Crippen molar-refractivity contribution in [1.82, 2.24) is 30.2 Å². The Morgan fingerprint density at radius 2 is 2.23 bits per heavy atom. The molecule has 66 valence electrons. The molecule has 0 aliphatic carbocycles. The number of tetrazole rings is 1. The van der Waals surface area contributed by atoms with Gasteiger partial charge >= 0.3 is 0 Å². The number of rotatable bonds is 1. The zero-order valence-electron chi connectivity index (χ0n) is 7.34. The molecule has 6 nitrogen and oxygen atoms in total. The molecule has 0 N–H and O–H groups in total. The Labute approximate surface area is 74.6 Å². The highest BCUT2D eigenvalue weighted by Crippen LogP contribution is 2.14. The second kappa shape index (κ2) is 2.89. The third-order valence-corrected chi connectivity index (χ3v) is 1.73. The third kappa shape index (κ3) is 1.26. The van der Waals surface area contributed by atoms with Crippen LogP contribution in [-0.4, -0.2) is 30.2 Å². The summed E-state index contributed by atoms with van der Waals surface area (Å²) in [6.45, 7) is 1.92. The first-order valence-electron chi connectivity index (χ1n) is 3.78. The summed E-state index contributed by atoms with van der Waals surface area (Å²) in [6, 6.07) is 0. The minimum absolute atomic E-state index is 0.653. The molecule has 0 atom stereocenters. The lowest BCUT2D eigenvalue weighted by Crippen LogP contribution is -1.98. The van der Waals surface area contributed by atoms with E-state index in [-0.39, 0.29) is 0 Å². The van der Waals surface area contributed by atoms with Gasteiger partial charge in [0.25, 0.3) is 0 Å². The van der Waals surface area contributed by atoms with Crippen LogP contribution in [0.25, 0.3) is 11.5 Å². The van der Waals surface area contributed by atoms with Crippen LogP contribution in [-0.2, 0) is 7.05 Å². The van der Waals surface area contributed by atoms with Crippen molar-refractivity contribution in [2.75, 3.05) is 0 Å². The Hall–Kier alpha value is -1.85. The van der Waals surface area contributed by atoms with Crippen molar-refractivity contribution in [3.05, 3.63) is 18.1 Å². The molecule has 13 heavy (non-hydrogen) atoms. The zero-order chi connectivity index (χ0) is 9.26. The van der Waals surface area contributed by atoms with E-state index in [2.05, 4.69) is 25.5 Å². The van der Waals surface area contributed by atoms with Gasteiger partial charge in [-0.25, -0.2) is 14.6 Å². The lowest BCUT2D eigenvalue weighted by molar-refractivity contribution is 0.713. The summed E-state index contributed by atoms with van der Waals surface area (Å²) < 4.78 is 1.58. The van der Waals surface area contributed by atoms with E-state index >= 15 is 0 Å². The molecule has 0 amide bonds. The van der Waals surface area contributed by atoms with Crippen molar-refractivity contribution in [1.29, 1.82) is 0 Å². The van der Waals surface area contributed by atoms with Gasteiger partial charge in [0.1, 0.15) is 12.0 Å². The van der Waals surface area contributed by atoms with Crippen molar-refractivity contribution >= 4 is 0 Å². The quantitative estimate of drug-likeness (QED) is 0.610. The van der Waals surface area contributed by atoms with Crippen LogP contribution in [0.5, 0.6) is 0 Å². The van der Waals surface area contributed by atoms with Crippen LogP contribution < -0.4 is 0 Å². The van der Waals surface area contributed by atoms with Gasteiger partial charge in [-0.3, -0.25) is 0 Å². The molecular weight excluding hydrogens is 168 g/mol. The minimum Gasteiger partial charge on any atom is -0.244 e. The molecule has 0 radical (unpaired) electrons. The lowest BCUT2D eigenvalue weighted by Gasteiger charge is -1.99. The molecule has 2 rings (SSSR count). The molecule has 0 aliphatic heterocycles. The van der Waals surface area contributed by atoms with E-state index in [9.17, 15) is 0 Å². The highest BCUT2D eigenvalue weighted by molar-refractivity contribution is 5.52. The summed E-state index contributed by atoms with van der Waals surface area (Å²) in [5.41, 5.74) is 1.72. The molecule has 0 unspecified atom stereocenters. The van der Waals surface area contributed by atoms with Gasteiger partial charge < -0.3 is 0 Å². The number of hydrogen-bond acceptors (Lipinski definition) is 5. The number of aryl methyl sites for hydroxylation is 2. The predicted molar refractivity (Wildman–Crippen MR) is 44.6 cm³/mol. The summed E-state index contributed by atoms with van der Waals surface area (Å²) in [5, 5.41) is 11.1. The molecule has 0 spiro atoms.